The summed E-state index contributed by atoms with van der Waals surface area (Å²) < 4.78 is 2.03. The average Bonchev–Trinajstić information content (AvgIpc) is 2.93. The van der Waals surface area contributed by atoms with Crippen LogP contribution in [0.2, 0.25) is 0 Å². The Morgan fingerprint density at radius 2 is 2.11 bits per heavy atom. The molecule has 2 rings (SSSR count). The second-order valence-corrected chi connectivity index (χ2v) is 4.83. The first-order chi connectivity index (χ1) is 9.26. The fourth-order valence-electron chi connectivity index (χ4n) is 2.28. The van der Waals surface area contributed by atoms with Crippen molar-refractivity contribution < 1.29 is 0 Å². The molecule has 0 amide bonds. The number of nitrogens with one attached hydrogen (secondary N) is 1. The van der Waals surface area contributed by atoms with Crippen molar-refractivity contribution in [2.75, 3.05) is 6.54 Å². The molecule has 1 heterocycles. The summed E-state index contributed by atoms with van der Waals surface area (Å²) in [5.41, 5.74) is 3.75. The maximum Gasteiger partial charge on any atom is 0.0682 e. The van der Waals surface area contributed by atoms with E-state index in [1.807, 2.05) is 10.9 Å². The van der Waals surface area contributed by atoms with Crippen LogP contribution in [0, 0.1) is 0 Å². The Morgan fingerprint density at radius 1 is 1.26 bits per heavy atom. The molecule has 0 saturated carbocycles. The summed E-state index contributed by atoms with van der Waals surface area (Å²) in [6.45, 7) is 8.47. The van der Waals surface area contributed by atoms with Crippen LogP contribution < -0.4 is 5.32 Å². The first kappa shape index (κ1) is 13.8. The predicted octanol–water partition coefficient (Wildman–Crippen LogP) is 3.63. The van der Waals surface area contributed by atoms with Gasteiger partial charge in [-0.1, -0.05) is 25.1 Å². The second kappa shape index (κ2) is 6.53. The zero-order valence-corrected chi connectivity index (χ0v) is 12.1. The summed E-state index contributed by atoms with van der Waals surface area (Å²) in [5, 5.41) is 7.86. The number of benzene rings is 1. The van der Waals surface area contributed by atoms with E-state index in [0.717, 1.165) is 19.5 Å². The van der Waals surface area contributed by atoms with Crippen LogP contribution in [0.1, 0.15) is 38.8 Å². The van der Waals surface area contributed by atoms with E-state index in [4.69, 9.17) is 0 Å². The van der Waals surface area contributed by atoms with Gasteiger partial charge >= 0.3 is 0 Å². The summed E-state index contributed by atoms with van der Waals surface area (Å²) in [4.78, 5) is 0. The van der Waals surface area contributed by atoms with Crippen LogP contribution in [-0.4, -0.2) is 16.3 Å². The lowest BCUT2D eigenvalue weighted by Crippen LogP contribution is -2.19. The Balaban J connectivity index is 2.24. The monoisotopic (exact) mass is 257 g/mol. The van der Waals surface area contributed by atoms with Gasteiger partial charge in [0, 0.05) is 24.3 Å². The fourth-order valence-corrected chi connectivity index (χ4v) is 2.28. The number of rotatable bonds is 6. The van der Waals surface area contributed by atoms with Crippen molar-refractivity contribution in [1.82, 2.24) is 15.1 Å². The predicted molar refractivity (Wildman–Crippen MR) is 80.0 cm³/mol. The topological polar surface area (TPSA) is 29.9 Å². The van der Waals surface area contributed by atoms with E-state index in [1.165, 1.54) is 16.8 Å². The zero-order valence-electron chi connectivity index (χ0n) is 12.1. The molecule has 1 aromatic heterocycles. The summed E-state index contributed by atoms with van der Waals surface area (Å²) in [5.74, 6) is 0. The van der Waals surface area contributed by atoms with Gasteiger partial charge in [-0.2, -0.15) is 5.10 Å². The third-order valence-electron chi connectivity index (χ3n) is 3.40. The van der Waals surface area contributed by atoms with Crippen molar-refractivity contribution in [3.8, 4) is 11.3 Å². The van der Waals surface area contributed by atoms with Gasteiger partial charge in [-0.3, -0.25) is 4.68 Å². The van der Waals surface area contributed by atoms with Crippen molar-refractivity contribution in [1.29, 1.82) is 0 Å². The SMILES string of the molecule is CCCNC(C)c1cccc(-c2ccnn2CC)c1. The highest BCUT2D eigenvalue weighted by Crippen LogP contribution is 2.23. The van der Waals surface area contributed by atoms with E-state index in [-0.39, 0.29) is 0 Å². The first-order valence-corrected chi connectivity index (χ1v) is 7.11. The minimum absolute atomic E-state index is 0.387. The van der Waals surface area contributed by atoms with Gasteiger partial charge in [-0.05, 0) is 44.5 Å². The second-order valence-electron chi connectivity index (χ2n) is 4.83. The molecular weight excluding hydrogens is 234 g/mol. The molecule has 0 spiro atoms. The molecule has 102 valence electrons. The van der Waals surface area contributed by atoms with Crippen molar-refractivity contribution in [3.63, 3.8) is 0 Å². The molecule has 1 aromatic carbocycles. The summed E-state index contributed by atoms with van der Waals surface area (Å²) in [6.07, 6.45) is 3.02. The molecule has 0 radical (unpaired) electrons. The highest BCUT2D eigenvalue weighted by atomic mass is 15.3. The van der Waals surface area contributed by atoms with Crippen LogP contribution in [0.15, 0.2) is 36.5 Å². The number of aryl methyl sites for hydroxylation is 1. The van der Waals surface area contributed by atoms with Gasteiger partial charge in [0.1, 0.15) is 0 Å². The summed E-state index contributed by atoms with van der Waals surface area (Å²) >= 11 is 0. The van der Waals surface area contributed by atoms with E-state index >= 15 is 0 Å². The Hall–Kier alpha value is -1.61. The van der Waals surface area contributed by atoms with E-state index in [2.05, 4.69) is 61.5 Å². The van der Waals surface area contributed by atoms with Gasteiger partial charge in [-0.25, -0.2) is 0 Å². The van der Waals surface area contributed by atoms with E-state index in [9.17, 15) is 0 Å². The molecule has 3 heteroatoms. The molecule has 0 saturated heterocycles. The van der Waals surface area contributed by atoms with Gasteiger partial charge in [0.15, 0.2) is 0 Å². The molecule has 0 aliphatic rings. The summed E-state index contributed by atoms with van der Waals surface area (Å²) in [7, 11) is 0. The van der Waals surface area contributed by atoms with Crippen LogP contribution in [0.25, 0.3) is 11.3 Å². The number of aromatic nitrogens is 2. The third-order valence-corrected chi connectivity index (χ3v) is 3.40. The molecule has 0 bridgehead atoms. The smallest absolute Gasteiger partial charge is 0.0682 e. The molecule has 0 aliphatic heterocycles. The number of hydrogen-bond acceptors (Lipinski definition) is 2. The Kier molecular flexibility index (Phi) is 4.74. The first-order valence-electron chi connectivity index (χ1n) is 7.11. The van der Waals surface area contributed by atoms with Crippen molar-refractivity contribution in [3.05, 3.63) is 42.1 Å². The van der Waals surface area contributed by atoms with Crippen LogP contribution in [0.4, 0.5) is 0 Å². The Bertz CT molecular complexity index is 516. The van der Waals surface area contributed by atoms with Gasteiger partial charge in [0.2, 0.25) is 0 Å². The van der Waals surface area contributed by atoms with E-state index in [0.29, 0.717) is 6.04 Å². The van der Waals surface area contributed by atoms with Gasteiger partial charge in [0.05, 0.1) is 5.69 Å². The molecule has 0 fully saturated rings. The number of hydrogen-bond donors (Lipinski definition) is 1. The lowest BCUT2D eigenvalue weighted by molar-refractivity contribution is 0.571. The zero-order chi connectivity index (χ0) is 13.7. The van der Waals surface area contributed by atoms with Gasteiger partial charge in [0.25, 0.3) is 0 Å². The molecule has 2 aromatic rings. The highest BCUT2D eigenvalue weighted by molar-refractivity contribution is 5.60. The molecule has 0 aliphatic carbocycles. The van der Waals surface area contributed by atoms with Gasteiger partial charge in [-0.15, -0.1) is 0 Å². The Morgan fingerprint density at radius 3 is 2.84 bits per heavy atom. The maximum atomic E-state index is 4.34. The van der Waals surface area contributed by atoms with Crippen molar-refractivity contribution >= 4 is 0 Å². The molecule has 1 atom stereocenters. The molecule has 19 heavy (non-hydrogen) atoms. The van der Waals surface area contributed by atoms with Crippen LogP contribution in [0.5, 0.6) is 0 Å². The summed E-state index contributed by atoms with van der Waals surface area (Å²) in [6, 6.07) is 11.2. The molecule has 3 nitrogen and oxygen atoms in total. The van der Waals surface area contributed by atoms with Crippen molar-refractivity contribution in [2.45, 2.75) is 39.8 Å². The highest BCUT2D eigenvalue weighted by Gasteiger charge is 2.08. The van der Waals surface area contributed by atoms with E-state index < -0.39 is 0 Å². The van der Waals surface area contributed by atoms with Crippen LogP contribution >= 0.6 is 0 Å². The lowest BCUT2D eigenvalue weighted by Gasteiger charge is -2.15. The van der Waals surface area contributed by atoms with Gasteiger partial charge < -0.3 is 5.32 Å². The average molecular weight is 257 g/mol. The van der Waals surface area contributed by atoms with Crippen molar-refractivity contribution in [2.24, 2.45) is 0 Å². The number of nitrogens with zero attached hydrogens (tertiary/aromatic N) is 2. The minimum Gasteiger partial charge on any atom is -0.310 e. The largest absolute Gasteiger partial charge is 0.310 e. The Labute approximate surface area is 115 Å². The van der Waals surface area contributed by atoms with E-state index in [1.54, 1.807) is 0 Å². The van der Waals surface area contributed by atoms with Crippen LogP contribution in [0.3, 0.4) is 0 Å². The molecule has 1 N–H and O–H groups in total. The fraction of sp³-hybridized carbons (Fsp3) is 0.438. The normalized spacial score (nSPS) is 12.6. The van der Waals surface area contributed by atoms with Crippen LogP contribution in [-0.2, 0) is 6.54 Å². The standard InChI is InChI=1S/C16H23N3/c1-4-10-17-13(3)14-7-6-8-15(12-14)16-9-11-18-19(16)5-2/h6-9,11-13,17H,4-5,10H2,1-3H3. The quantitative estimate of drug-likeness (QED) is 0.856. The molecule has 1 unspecified atom stereocenters. The molecular formula is C16H23N3. The maximum absolute atomic E-state index is 4.34. The lowest BCUT2D eigenvalue weighted by atomic mass is 10.0. The third kappa shape index (κ3) is 3.24. The minimum atomic E-state index is 0.387.